The van der Waals surface area contributed by atoms with E-state index in [0.717, 1.165) is 37.4 Å². The van der Waals surface area contributed by atoms with E-state index in [1.165, 1.54) is 0 Å². The fourth-order valence-electron chi connectivity index (χ4n) is 2.50. The third-order valence-electron chi connectivity index (χ3n) is 3.49. The van der Waals surface area contributed by atoms with Gasteiger partial charge in [0.05, 0.1) is 6.61 Å². The average molecular weight is 262 g/mol. The predicted molar refractivity (Wildman–Crippen MR) is 75.6 cm³/mol. The molecule has 1 aromatic rings. The van der Waals surface area contributed by atoms with Gasteiger partial charge in [-0.15, -0.1) is 0 Å². The molecule has 1 aliphatic rings. The van der Waals surface area contributed by atoms with Crippen LogP contribution in [0.3, 0.4) is 0 Å². The Kier molecular flexibility index (Phi) is 4.80. The van der Waals surface area contributed by atoms with Crippen molar-refractivity contribution in [2.75, 3.05) is 26.2 Å². The molecule has 0 bridgehead atoms. The summed E-state index contributed by atoms with van der Waals surface area (Å²) in [6, 6.07) is 7.73. The molecule has 0 aliphatic carbocycles. The van der Waals surface area contributed by atoms with Crippen LogP contribution in [0.2, 0.25) is 0 Å². The first-order valence-corrected chi connectivity index (χ1v) is 7.00. The van der Waals surface area contributed by atoms with E-state index >= 15 is 0 Å². The largest absolute Gasteiger partial charge is 0.494 e. The monoisotopic (exact) mass is 262 g/mol. The second kappa shape index (κ2) is 6.57. The van der Waals surface area contributed by atoms with Crippen LogP contribution in [0, 0.1) is 0 Å². The first kappa shape index (κ1) is 13.9. The summed E-state index contributed by atoms with van der Waals surface area (Å²) in [6.45, 7) is 7.27. The number of carbonyl (C=O) groups excluding carboxylic acids is 1. The number of ether oxygens (including phenoxy) is 1. The molecule has 1 aromatic carbocycles. The summed E-state index contributed by atoms with van der Waals surface area (Å²) in [5.41, 5.74) is 0.734. The van der Waals surface area contributed by atoms with Crippen LogP contribution in [-0.2, 0) is 0 Å². The maximum Gasteiger partial charge on any atom is 0.254 e. The van der Waals surface area contributed by atoms with Gasteiger partial charge in [-0.25, -0.2) is 0 Å². The molecule has 0 saturated carbocycles. The molecule has 104 valence electrons. The Morgan fingerprint density at radius 3 is 2.63 bits per heavy atom. The van der Waals surface area contributed by atoms with Gasteiger partial charge in [0.15, 0.2) is 0 Å². The van der Waals surface area contributed by atoms with Crippen LogP contribution in [-0.4, -0.2) is 43.1 Å². The molecule has 0 aromatic heterocycles. The normalized spacial score (nSPS) is 18.3. The van der Waals surface area contributed by atoms with E-state index in [4.69, 9.17) is 4.74 Å². The van der Waals surface area contributed by atoms with Gasteiger partial charge in [0, 0.05) is 24.7 Å². The molecule has 1 aliphatic heterocycles. The molecule has 4 nitrogen and oxygen atoms in total. The lowest BCUT2D eigenvalue weighted by atomic mass is 10.1. The van der Waals surface area contributed by atoms with Crippen molar-refractivity contribution in [1.82, 2.24) is 10.2 Å². The molecule has 2 rings (SSSR count). The minimum Gasteiger partial charge on any atom is -0.494 e. The summed E-state index contributed by atoms with van der Waals surface area (Å²) in [4.78, 5) is 14.4. The van der Waals surface area contributed by atoms with Crippen LogP contribution in [0.15, 0.2) is 24.3 Å². The molecule has 1 fully saturated rings. The number of carbonyl (C=O) groups is 1. The van der Waals surface area contributed by atoms with E-state index in [-0.39, 0.29) is 5.91 Å². The Hall–Kier alpha value is -1.55. The van der Waals surface area contributed by atoms with Crippen molar-refractivity contribution >= 4 is 5.91 Å². The average Bonchev–Trinajstić information content (AvgIpc) is 2.95. The van der Waals surface area contributed by atoms with Gasteiger partial charge in [0.2, 0.25) is 0 Å². The second-order valence-corrected chi connectivity index (χ2v) is 4.70. The van der Waals surface area contributed by atoms with Gasteiger partial charge in [-0.1, -0.05) is 0 Å². The number of hydrogen-bond donors (Lipinski definition) is 1. The molecule has 0 radical (unpaired) electrons. The highest BCUT2D eigenvalue weighted by atomic mass is 16.5. The molecule has 1 saturated heterocycles. The zero-order valence-corrected chi connectivity index (χ0v) is 11.7. The number of nitrogens with zero attached hydrogens (tertiary/aromatic N) is 1. The van der Waals surface area contributed by atoms with E-state index < -0.39 is 0 Å². The summed E-state index contributed by atoms with van der Waals surface area (Å²) in [5, 5.41) is 3.31. The Morgan fingerprint density at radius 1 is 1.37 bits per heavy atom. The summed E-state index contributed by atoms with van der Waals surface area (Å²) >= 11 is 0. The molecule has 19 heavy (non-hydrogen) atoms. The quantitative estimate of drug-likeness (QED) is 0.881. The maximum absolute atomic E-state index is 12.5. The third kappa shape index (κ3) is 3.26. The lowest BCUT2D eigenvalue weighted by Crippen LogP contribution is -2.41. The van der Waals surface area contributed by atoms with Gasteiger partial charge >= 0.3 is 0 Å². The molecular formula is C15H22N2O2. The Bertz CT molecular complexity index is 411. The van der Waals surface area contributed by atoms with Gasteiger partial charge in [-0.05, 0) is 51.1 Å². The summed E-state index contributed by atoms with van der Waals surface area (Å²) in [6.07, 6.45) is 1.04. The Morgan fingerprint density at radius 2 is 2.11 bits per heavy atom. The minimum absolute atomic E-state index is 0.110. The minimum atomic E-state index is 0.110. The standard InChI is InChI=1S/C15H22N2O2/c1-3-17(13-9-10-16-11-13)15(18)12-5-7-14(8-6-12)19-4-2/h5-8,13,16H,3-4,9-11H2,1-2H3. The van der Waals surface area contributed by atoms with Crippen LogP contribution in [0.5, 0.6) is 5.75 Å². The smallest absolute Gasteiger partial charge is 0.254 e. The maximum atomic E-state index is 12.5. The fraction of sp³-hybridized carbons (Fsp3) is 0.533. The summed E-state index contributed by atoms with van der Waals surface area (Å²) in [5.74, 6) is 0.920. The molecule has 1 N–H and O–H groups in total. The van der Waals surface area contributed by atoms with Gasteiger partial charge in [0.25, 0.3) is 5.91 Å². The van der Waals surface area contributed by atoms with Crippen molar-refractivity contribution in [2.24, 2.45) is 0 Å². The zero-order chi connectivity index (χ0) is 13.7. The number of amides is 1. The van der Waals surface area contributed by atoms with Crippen molar-refractivity contribution < 1.29 is 9.53 Å². The molecule has 4 heteroatoms. The number of likely N-dealkylation sites (N-methyl/N-ethyl adjacent to an activating group) is 1. The van der Waals surface area contributed by atoms with Crippen LogP contribution in [0.1, 0.15) is 30.6 Å². The molecule has 1 heterocycles. The lowest BCUT2D eigenvalue weighted by Gasteiger charge is -2.27. The van der Waals surface area contributed by atoms with Crippen molar-refractivity contribution in [3.8, 4) is 5.75 Å². The van der Waals surface area contributed by atoms with Gasteiger partial charge in [-0.2, -0.15) is 0 Å². The zero-order valence-electron chi connectivity index (χ0n) is 11.7. The highest BCUT2D eigenvalue weighted by molar-refractivity contribution is 5.94. The highest BCUT2D eigenvalue weighted by Crippen LogP contribution is 2.16. The summed E-state index contributed by atoms with van der Waals surface area (Å²) < 4.78 is 5.39. The molecular weight excluding hydrogens is 240 g/mol. The second-order valence-electron chi connectivity index (χ2n) is 4.70. The van der Waals surface area contributed by atoms with Gasteiger partial charge in [0.1, 0.15) is 5.75 Å². The SMILES string of the molecule is CCOc1ccc(C(=O)N(CC)C2CCNC2)cc1. The van der Waals surface area contributed by atoms with Crippen molar-refractivity contribution in [3.63, 3.8) is 0 Å². The number of hydrogen-bond acceptors (Lipinski definition) is 3. The molecule has 0 spiro atoms. The fourth-order valence-corrected chi connectivity index (χ4v) is 2.50. The number of rotatable bonds is 5. The van der Waals surface area contributed by atoms with Crippen molar-refractivity contribution in [2.45, 2.75) is 26.3 Å². The third-order valence-corrected chi connectivity index (χ3v) is 3.49. The first-order chi connectivity index (χ1) is 9.26. The van der Waals surface area contributed by atoms with E-state index in [0.29, 0.717) is 12.6 Å². The van der Waals surface area contributed by atoms with Crippen LogP contribution in [0.4, 0.5) is 0 Å². The van der Waals surface area contributed by atoms with E-state index in [2.05, 4.69) is 5.32 Å². The lowest BCUT2D eigenvalue weighted by molar-refractivity contribution is 0.0704. The Balaban J connectivity index is 2.08. The van der Waals surface area contributed by atoms with E-state index in [1.54, 1.807) is 0 Å². The highest BCUT2D eigenvalue weighted by Gasteiger charge is 2.25. The van der Waals surface area contributed by atoms with Gasteiger partial charge < -0.3 is 15.0 Å². The number of benzene rings is 1. The van der Waals surface area contributed by atoms with Crippen molar-refractivity contribution in [1.29, 1.82) is 0 Å². The predicted octanol–water partition coefficient (Wildman–Crippen LogP) is 1.91. The van der Waals surface area contributed by atoms with E-state index in [9.17, 15) is 4.79 Å². The van der Waals surface area contributed by atoms with E-state index in [1.807, 2.05) is 43.0 Å². The topological polar surface area (TPSA) is 41.6 Å². The molecule has 1 unspecified atom stereocenters. The first-order valence-electron chi connectivity index (χ1n) is 7.00. The van der Waals surface area contributed by atoms with Crippen molar-refractivity contribution in [3.05, 3.63) is 29.8 Å². The van der Waals surface area contributed by atoms with Crippen LogP contribution < -0.4 is 10.1 Å². The molecule has 1 amide bonds. The van der Waals surface area contributed by atoms with Crippen LogP contribution in [0.25, 0.3) is 0 Å². The Labute approximate surface area is 114 Å². The van der Waals surface area contributed by atoms with Crippen LogP contribution >= 0.6 is 0 Å². The molecule has 1 atom stereocenters. The number of nitrogens with one attached hydrogen (secondary N) is 1. The van der Waals surface area contributed by atoms with Gasteiger partial charge in [-0.3, -0.25) is 4.79 Å². The summed E-state index contributed by atoms with van der Waals surface area (Å²) in [7, 11) is 0.